The van der Waals surface area contributed by atoms with Crippen molar-refractivity contribution >= 4 is 17.5 Å². The summed E-state index contributed by atoms with van der Waals surface area (Å²) in [5, 5.41) is 5.96. The van der Waals surface area contributed by atoms with Crippen LogP contribution in [0, 0.1) is 0 Å². The molecule has 0 saturated carbocycles. The molecule has 0 spiro atoms. The van der Waals surface area contributed by atoms with Crippen LogP contribution in [0.5, 0.6) is 11.5 Å². The second-order valence-electron chi connectivity index (χ2n) is 8.75. The van der Waals surface area contributed by atoms with Crippen LogP contribution in [0.3, 0.4) is 0 Å². The summed E-state index contributed by atoms with van der Waals surface area (Å²) in [4.78, 5) is 27.4. The molecular weight excluding hydrogens is 499 g/mol. The molecule has 3 aromatic rings. The third-order valence-corrected chi connectivity index (χ3v) is 6.25. The molecule has 0 unspecified atom stereocenters. The molecule has 38 heavy (non-hydrogen) atoms. The quantitative estimate of drug-likeness (QED) is 0.427. The van der Waals surface area contributed by atoms with Crippen LogP contribution >= 0.6 is 0 Å². The molecule has 2 amide bonds. The molecule has 1 aliphatic rings. The summed E-state index contributed by atoms with van der Waals surface area (Å²) < 4.78 is 49.2. The van der Waals surface area contributed by atoms with Crippen molar-refractivity contribution in [2.75, 3.05) is 27.8 Å². The van der Waals surface area contributed by atoms with Gasteiger partial charge in [-0.2, -0.15) is 18.3 Å². The van der Waals surface area contributed by atoms with Gasteiger partial charge in [-0.15, -0.1) is 0 Å². The number of ether oxygens (including phenoxy) is 2. The maximum atomic E-state index is 13.4. The molecule has 0 saturated heterocycles. The van der Waals surface area contributed by atoms with Crippen LogP contribution in [-0.4, -0.2) is 55.2 Å². The van der Waals surface area contributed by atoms with Gasteiger partial charge in [-0.3, -0.25) is 9.59 Å². The second kappa shape index (κ2) is 11.0. The summed E-state index contributed by atoms with van der Waals surface area (Å²) in [5.74, 6) is 0.300. The highest BCUT2D eigenvalue weighted by Gasteiger charge is 2.34. The molecule has 4 rings (SSSR count). The first-order valence-electron chi connectivity index (χ1n) is 11.7. The third-order valence-electron chi connectivity index (χ3n) is 6.25. The number of benzene rings is 3. The fourth-order valence-corrected chi connectivity index (χ4v) is 4.17. The second-order valence-corrected chi connectivity index (χ2v) is 8.75. The van der Waals surface area contributed by atoms with Crippen molar-refractivity contribution in [3.8, 4) is 11.5 Å². The van der Waals surface area contributed by atoms with Gasteiger partial charge in [-0.1, -0.05) is 24.3 Å². The Kier molecular flexibility index (Phi) is 7.70. The summed E-state index contributed by atoms with van der Waals surface area (Å²) in [6, 6.07) is 18.1. The maximum Gasteiger partial charge on any atom is 0.416 e. The summed E-state index contributed by atoms with van der Waals surface area (Å²) >= 11 is 0. The highest BCUT2D eigenvalue weighted by atomic mass is 19.4. The SMILES string of the molecule is COc1ccc([C@H]2CC(c3cccc(OC)c3)=NN2C(=O)CN(C)C(=O)c2ccc(C(F)(F)F)cc2)cc1. The summed E-state index contributed by atoms with van der Waals surface area (Å²) in [6.45, 7) is -0.318. The predicted molar refractivity (Wildman–Crippen MR) is 135 cm³/mol. The predicted octanol–water partition coefficient (Wildman–Crippen LogP) is 5.17. The van der Waals surface area contributed by atoms with E-state index in [0.717, 1.165) is 40.3 Å². The van der Waals surface area contributed by atoms with Crippen LogP contribution in [-0.2, 0) is 11.0 Å². The number of amides is 2. The van der Waals surface area contributed by atoms with Crippen molar-refractivity contribution in [1.29, 1.82) is 0 Å². The van der Waals surface area contributed by atoms with Crippen molar-refractivity contribution in [3.05, 3.63) is 95.1 Å². The van der Waals surface area contributed by atoms with E-state index < -0.39 is 29.6 Å². The van der Waals surface area contributed by atoms with E-state index in [1.54, 1.807) is 26.4 Å². The topological polar surface area (TPSA) is 71.4 Å². The molecule has 198 valence electrons. The number of alkyl halides is 3. The Morgan fingerprint density at radius 1 is 0.974 bits per heavy atom. The first-order valence-corrected chi connectivity index (χ1v) is 11.7. The largest absolute Gasteiger partial charge is 0.497 e. The van der Waals surface area contributed by atoms with Gasteiger partial charge in [0.25, 0.3) is 11.8 Å². The van der Waals surface area contributed by atoms with E-state index >= 15 is 0 Å². The van der Waals surface area contributed by atoms with Gasteiger partial charge < -0.3 is 14.4 Å². The summed E-state index contributed by atoms with van der Waals surface area (Å²) in [7, 11) is 4.55. The number of rotatable bonds is 7. The zero-order valence-corrected chi connectivity index (χ0v) is 21.0. The fraction of sp³-hybridized carbons (Fsp3) is 0.250. The average Bonchev–Trinajstić information content (AvgIpc) is 3.38. The van der Waals surface area contributed by atoms with Gasteiger partial charge in [0.2, 0.25) is 0 Å². The van der Waals surface area contributed by atoms with E-state index in [1.807, 2.05) is 36.4 Å². The molecule has 1 atom stereocenters. The molecule has 0 aliphatic carbocycles. The Bertz CT molecular complexity index is 1340. The molecule has 0 N–H and O–H groups in total. The molecule has 0 fully saturated rings. The van der Waals surface area contributed by atoms with Crippen LogP contribution < -0.4 is 9.47 Å². The van der Waals surface area contributed by atoms with Crippen molar-refractivity contribution in [1.82, 2.24) is 9.91 Å². The van der Waals surface area contributed by atoms with E-state index in [-0.39, 0.29) is 12.1 Å². The number of nitrogens with zero attached hydrogens (tertiary/aromatic N) is 3. The Labute approximate surface area is 218 Å². The Hall–Kier alpha value is -4.34. The van der Waals surface area contributed by atoms with Gasteiger partial charge in [-0.25, -0.2) is 5.01 Å². The minimum atomic E-state index is -4.51. The molecule has 1 heterocycles. The van der Waals surface area contributed by atoms with E-state index in [9.17, 15) is 22.8 Å². The number of hydrazone groups is 1. The lowest BCUT2D eigenvalue weighted by atomic mass is 9.98. The third kappa shape index (κ3) is 5.80. The number of likely N-dealkylation sites (N-methyl/N-ethyl adjacent to an activating group) is 1. The lowest BCUT2D eigenvalue weighted by molar-refractivity contribution is -0.137. The van der Waals surface area contributed by atoms with E-state index in [1.165, 1.54) is 12.1 Å². The van der Waals surface area contributed by atoms with Crippen molar-refractivity contribution in [3.63, 3.8) is 0 Å². The molecule has 7 nitrogen and oxygen atoms in total. The van der Waals surface area contributed by atoms with Crippen LogP contribution in [0.2, 0.25) is 0 Å². The van der Waals surface area contributed by atoms with Gasteiger partial charge in [0.1, 0.15) is 18.0 Å². The maximum absolute atomic E-state index is 13.4. The van der Waals surface area contributed by atoms with Gasteiger partial charge in [0.05, 0.1) is 31.5 Å². The van der Waals surface area contributed by atoms with Crippen molar-refractivity contribution in [2.24, 2.45) is 5.10 Å². The number of hydrogen-bond acceptors (Lipinski definition) is 5. The Morgan fingerprint density at radius 2 is 1.63 bits per heavy atom. The minimum absolute atomic E-state index is 0.0435. The molecule has 10 heteroatoms. The first-order chi connectivity index (χ1) is 18.1. The van der Waals surface area contributed by atoms with Gasteiger partial charge in [-0.05, 0) is 54.1 Å². The molecule has 0 aromatic heterocycles. The lowest BCUT2D eigenvalue weighted by Gasteiger charge is -2.25. The average molecular weight is 526 g/mol. The lowest BCUT2D eigenvalue weighted by Crippen LogP contribution is -2.39. The van der Waals surface area contributed by atoms with Gasteiger partial charge >= 0.3 is 6.18 Å². The number of carbonyl (C=O) groups excluding carboxylic acids is 2. The van der Waals surface area contributed by atoms with Crippen LogP contribution in [0.4, 0.5) is 13.2 Å². The van der Waals surface area contributed by atoms with Crippen LogP contribution in [0.1, 0.15) is 39.5 Å². The molecule has 0 radical (unpaired) electrons. The molecular formula is C28H26F3N3O4. The Morgan fingerprint density at radius 3 is 2.24 bits per heavy atom. The normalized spacial score (nSPS) is 15.2. The van der Waals surface area contributed by atoms with E-state index in [4.69, 9.17) is 9.47 Å². The zero-order chi connectivity index (χ0) is 27.4. The highest BCUT2D eigenvalue weighted by Crippen LogP contribution is 2.34. The summed E-state index contributed by atoms with van der Waals surface area (Å²) in [5.41, 5.74) is 1.49. The monoisotopic (exact) mass is 525 g/mol. The standard InChI is InChI=1S/C28H26F3N3O4/c1-33(27(36)19-7-11-21(12-8-19)28(29,30)31)17-26(35)34-25(18-9-13-22(37-2)14-10-18)16-24(32-34)20-5-4-6-23(15-20)38-3/h4-15,25H,16-17H2,1-3H3/t25-/m1/s1. The number of halogens is 3. The highest BCUT2D eigenvalue weighted by molar-refractivity contribution is 6.04. The number of methoxy groups -OCH3 is 2. The van der Waals surface area contributed by atoms with Crippen molar-refractivity contribution in [2.45, 2.75) is 18.6 Å². The molecule has 3 aromatic carbocycles. The number of hydrogen-bond donors (Lipinski definition) is 0. The molecule has 1 aliphatic heterocycles. The van der Waals surface area contributed by atoms with Crippen molar-refractivity contribution < 1.29 is 32.2 Å². The summed E-state index contributed by atoms with van der Waals surface area (Å²) in [6.07, 6.45) is -4.07. The van der Waals surface area contributed by atoms with Gasteiger partial charge in [0.15, 0.2) is 0 Å². The zero-order valence-electron chi connectivity index (χ0n) is 21.0. The van der Waals surface area contributed by atoms with Crippen LogP contribution in [0.15, 0.2) is 77.9 Å². The fourth-order valence-electron chi connectivity index (χ4n) is 4.17. The van der Waals surface area contributed by atoms with E-state index in [2.05, 4.69) is 5.10 Å². The van der Waals surface area contributed by atoms with Gasteiger partial charge in [0, 0.05) is 24.6 Å². The minimum Gasteiger partial charge on any atom is -0.497 e. The first kappa shape index (κ1) is 26.7. The number of carbonyl (C=O) groups is 2. The van der Waals surface area contributed by atoms with Crippen LogP contribution in [0.25, 0.3) is 0 Å². The Balaban J connectivity index is 1.57. The van der Waals surface area contributed by atoms with E-state index in [0.29, 0.717) is 23.6 Å². The molecule has 0 bridgehead atoms. The smallest absolute Gasteiger partial charge is 0.416 e.